The molecule has 1 amide bonds. The molecular formula is C15H23NO2. The zero-order valence-electron chi connectivity index (χ0n) is 11.9. The van der Waals surface area contributed by atoms with Crippen molar-refractivity contribution in [3.05, 3.63) is 29.3 Å². The molecule has 1 unspecified atom stereocenters. The molecule has 1 N–H and O–H groups in total. The Labute approximate surface area is 110 Å². The molecule has 100 valence electrons. The fourth-order valence-corrected chi connectivity index (χ4v) is 1.63. The Hall–Kier alpha value is -1.51. The van der Waals surface area contributed by atoms with E-state index in [1.807, 2.05) is 39.0 Å². The van der Waals surface area contributed by atoms with Crippen LogP contribution in [0.4, 0.5) is 0 Å². The van der Waals surface area contributed by atoms with E-state index in [1.54, 1.807) is 0 Å². The Balaban J connectivity index is 2.53. The summed E-state index contributed by atoms with van der Waals surface area (Å²) in [6.07, 6.45) is 0. The number of ether oxygens (including phenoxy) is 1. The molecule has 0 aliphatic carbocycles. The molecule has 1 rings (SSSR count). The van der Waals surface area contributed by atoms with Gasteiger partial charge in [-0.3, -0.25) is 4.79 Å². The molecule has 0 aromatic heterocycles. The molecule has 0 fully saturated rings. The van der Waals surface area contributed by atoms with Gasteiger partial charge in [0.2, 0.25) is 0 Å². The van der Waals surface area contributed by atoms with Crippen LogP contribution in [0.5, 0.6) is 5.75 Å². The van der Waals surface area contributed by atoms with Crippen molar-refractivity contribution in [2.45, 2.75) is 40.7 Å². The first-order valence-corrected chi connectivity index (χ1v) is 6.40. The van der Waals surface area contributed by atoms with Gasteiger partial charge in [-0.05, 0) is 37.8 Å². The maximum atomic E-state index is 11.7. The van der Waals surface area contributed by atoms with Crippen LogP contribution in [0.25, 0.3) is 0 Å². The third-order valence-corrected chi connectivity index (χ3v) is 3.15. The van der Waals surface area contributed by atoms with Gasteiger partial charge in [-0.2, -0.15) is 0 Å². The van der Waals surface area contributed by atoms with E-state index < -0.39 is 0 Å². The van der Waals surface area contributed by atoms with Crippen LogP contribution in [0.1, 0.15) is 31.9 Å². The molecule has 0 bridgehead atoms. The number of rotatable bonds is 5. The highest BCUT2D eigenvalue weighted by atomic mass is 16.5. The summed E-state index contributed by atoms with van der Waals surface area (Å²) in [6.45, 7) is 10.2. The lowest BCUT2D eigenvalue weighted by molar-refractivity contribution is -0.124. The van der Waals surface area contributed by atoms with Crippen molar-refractivity contribution in [2.24, 2.45) is 5.92 Å². The van der Waals surface area contributed by atoms with Gasteiger partial charge in [-0.1, -0.05) is 32.0 Å². The Morgan fingerprint density at radius 1 is 1.22 bits per heavy atom. The number of nitrogens with one attached hydrogen (secondary N) is 1. The number of hydrogen-bond acceptors (Lipinski definition) is 2. The molecule has 3 heteroatoms. The average Bonchev–Trinajstić information content (AvgIpc) is 2.28. The SMILES string of the molecule is Cc1cccc(C)c1OCC(=O)NC(C)C(C)C. The number of aryl methyl sites for hydroxylation is 2. The van der Waals surface area contributed by atoms with E-state index >= 15 is 0 Å². The quantitative estimate of drug-likeness (QED) is 0.871. The average molecular weight is 249 g/mol. The van der Waals surface area contributed by atoms with Crippen molar-refractivity contribution in [3.63, 3.8) is 0 Å². The van der Waals surface area contributed by atoms with Crippen molar-refractivity contribution < 1.29 is 9.53 Å². The molecule has 3 nitrogen and oxygen atoms in total. The van der Waals surface area contributed by atoms with E-state index in [-0.39, 0.29) is 18.6 Å². The van der Waals surface area contributed by atoms with E-state index in [1.165, 1.54) is 0 Å². The molecule has 1 atom stereocenters. The maximum absolute atomic E-state index is 11.7. The Kier molecular flexibility index (Phi) is 5.20. The molecule has 0 aliphatic heterocycles. The second-order valence-electron chi connectivity index (χ2n) is 5.11. The standard InChI is InChI=1S/C15H23NO2/c1-10(2)13(5)16-14(17)9-18-15-11(3)7-6-8-12(15)4/h6-8,10,13H,9H2,1-5H3,(H,16,17). The fourth-order valence-electron chi connectivity index (χ4n) is 1.63. The third kappa shape index (κ3) is 4.06. The molecule has 0 aliphatic rings. The van der Waals surface area contributed by atoms with Crippen LogP contribution in [0.3, 0.4) is 0 Å². The summed E-state index contributed by atoms with van der Waals surface area (Å²) < 4.78 is 5.60. The van der Waals surface area contributed by atoms with Crippen LogP contribution in [0.2, 0.25) is 0 Å². The summed E-state index contributed by atoms with van der Waals surface area (Å²) in [6, 6.07) is 6.12. The Bertz CT molecular complexity index is 393. The minimum atomic E-state index is -0.0705. The number of carbonyl (C=O) groups excluding carboxylic acids is 1. The summed E-state index contributed by atoms with van der Waals surface area (Å²) in [5.41, 5.74) is 2.11. The third-order valence-electron chi connectivity index (χ3n) is 3.15. The fraction of sp³-hybridized carbons (Fsp3) is 0.533. The second kappa shape index (κ2) is 6.43. The molecule has 0 heterocycles. The topological polar surface area (TPSA) is 38.3 Å². The second-order valence-corrected chi connectivity index (χ2v) is 5.11. The highest BCUT2D eigenvalue weighted by Gasteiger charge is 2.12. The first-order chi connectivity index (χ1) is 8.41. The van der Waals surface area contributed by atoms with Crippen molar-refractivity contribution >= 4 is 5.91 Å². The number of benzene rings is 1. The van der Waals surface area contributed by atoms with E-state index in [0.29, 0.717) is 5.92 Å². The molecule has 1 aromatic rings. The number of amides is 1. The van der Waals surface area contributed by atoms with E-state index in [2.05, 4.69) is 19.2 Å². The first kappa shape index (κ1) is 14.6. The van der Waals surface area contributed by atoms with Crippen molar-refractivity contribution in [2.75, 3.05) is 6.61 Å². The highest BCUT2D eigenvalue weighted by molar-refractivity contribution is 5.77. The zero-order valence-corrected chi connectivity index (χ0v) is 11.9. The van der Waals surface area contributed by atoms with Gasteiger partial charge in [0, 0.05) is 6.04 Å². The van der Waals surface area contributed by atoms with Crippen molar-refractivity contribution in [1.82, 2.24) is 5.32 Å². The van der Waals surface area contributed by atoms with Gasteiger partial charge in [0.05, 0.1) is 0 Å². The molecule has 1 aromatic carbocycles. The van der Waals surface area contributed by atoms with E-state index in [4.69, 9.17) is 4.74 Å². The van der Waals surface area contributed by atoms with E-state index in [0.717, 1.165) is 16.9 Å². The molecule has 0 saturated carbocycles. The predicted molar refractivity (Wildman–Crippen MR) is 73.9 cm³/mol. The number of para-hydroxylation sites is 1. The molecule has 0 radical (unpaired) electrons. The lowest BCUT2D eigenvalue weighted by Gasteiger charge is -2.18. The van der Waals surface area contributed by atoms with Crippen molar-refractivity contribution in [1.29, 1.82) is 0 Å². The minimum Gasteiger partial charge on any atom is -0.483 e. The van der Waals surface area contributed by atoms with Crippen LogP contribution in [-0.2, 0) is 4.79 Å². The number of hydrogen-bond donors (Lipinski definition) is 1. The summed E-state index contributed by atoms with van der Waals surface area (Å²) in [5, 5.41) is 2.92. The van der Waals surface area contributed by atoms with Crippen LogP contribution < -0.4 is 10.1 Å². The first-order valence-electron chi connectivity index (χ1n) is 6.40. The van der Waals surface area contributed by atoms with Crippen LogP contribution in [0, 0.1) is 19.8 Å². The van der Waals surface area contributed by atoms with Gasteiger partial charge in [0.15, 0.2) is 6.61 Å². The lowest BCUT2D eigenvalue weighted by atomic mass is 10.1. The number of carbonyl (C=O) groups is 1. The summed E-state index contributed by atoms with van der Waals surface area (Å²) in [5.74, 6) is 1.16. The van der Waals surface area contributed by atoms with Gasteiger partial charge in [0.1, 0.15) is 5.75 Å². The molecule has 18 heavy (non-hydrogen) atoms. The van der Waals surface area contributed by atoms with Crippen LogP contribution in [0.15, 0.2) is 18.2 Å². The lowest BCUT2D eigenvalue weighted by Crippen LogP contribution is -2.39. The summed E-state index contributed by atoms with van der Waals surface area (Å²) in [4.78, 5) is 11.7. The normalized spacial score (nSPS) is 12.3. The molecular weight excluding hydrogens is 226 g/mol. The van der Waals surface area contributed by atoms with Gasteiger partial charge in [0.25, 0.3) is 5.91 Å². The maximum Gasteiger partial charge on any atom is 0.258 e. The van der Waals surface area contributed by atoms with Gasteiger partial charge in [-0.25, -0.2) is 0 Å². The molecule has 0 spiro atoms. The predicted octanol–water partition coefficient (Wildman–Crippen LogP) is 2.84. The largest absolute Gasteiger partial charge is 0.483 e. The zero-order chi connectivity index (χ0) is 13.7. The molecule has 0 saturated heterocycles. The van der Waals surface area contributed by atoms with Gasteiger partial charge in [-0.15, -0.1) is 0 Å². The monoisotopic (exact) mass is 249 g/mol. The van der Waals surface area contributed by atoms with E-state index in [9.17, 15) is 4.79 Å². The minimum absolute atomic E-state index is 0.0705. The van der Waals surface area contributed by atoms with Crippen LogP contribution in [-0.4, -0.2) is 18.6 Å². The van der Waals surface area contributed by atoms with Gasteiger partial charge >= 0.3 is 0 Å². The smallest absolute Gasteiger partial charge is 0.258 e. The Morgan fingerprint density at radius 2 is 1.78 bits per heavy atom. The summed E-state index contributed by atoms with van der Waals surface area (Å²) >= 11 is 0. The summed E-state index contributed by atoms with van der Waals surface area (Å²) in [7, 11) is 0. The van der Waals surface area contributed by atoms with Crippen molar-refractivity contribution in [3.8, 4) is 5.75 Å². The van der Waals surface area contributed by atoms with Gasteiger partial charge < -0.3 is 10.1 Å². The highest BCUT2D eigenvalue weighted by Crippen LogP contribution is 2.21. The Morgan fingerprint density at radius 3 is 2.28 bits per heavy atom. The van der Waals surface area contributed by atoms with Crippen LogP contribution >= 0.6 is 0 Å².